The van der Waals surface area contributed by atoms with Crippen LogP contribution in [-0.4, -0.2) is 37.1 Å². The fourth-order valence-corrected chi connectivity index (χ4v) is 1.78. The zero-order valence-corrected chi connectivity index (χ0v) is 8.58. The largest absolute Gasteiger partial charge is 0.465 e. The second kappa shape index (κ2) is 5.22. The molecule has 1 atom stereocenters. The van der Waals surface area contributed by atoms with Crippen molar-refractivity contribution in [1.82, 2.24) is 4.90 Å². The molecule has 0 saturated carbocycles. The van der Waals surface area contributed by atoms with Crippen LogP contribution in [-0.2, 0) is 9.53 Å². The Labute approximate surface area is 80.1 Å². The van der Waals surface area contributed by atoms with E-state index >= 15 is 0 Å². The molecule has 0 aromatic rings. The van der Waals surface area contributed by atoms with Gasteiger partial charge >= 0.3 is 5.97 Å². The first-order valence-electron chi connectivity index (χ1n) is 5.14. The van der Waals surface area contributed by atoms with Crippen molar-refractivity contribution in [2.45, 2.75) is 26.7 Å². The van der Waals surface area contributed by atoms with Crippen LogP contribution in [0, 0.1) is 5.92 Å². The van der Waals surface area contributed by atoms with Crippen molar-refractivity contribution < 1.29 is 9.53 Å². The predicted molar refractivity (Wildman–Crippen MR) is 51.5 cm³/mol. The Hall–Kier alpha value is -0.570. The summed E-state index contributed by atoms with van der Waals surface area (Å²) in [5, 5.41) is 0. The first kappa shape index (κ1) is 10.5. The van der Waals surface area contributed by atoms with Crippen LogP contribution in [0.15, 0.2) is 0 Å². The lowest BCUT2D eigenvalue weighted by molar-refractivity contribution is -0.144. The van der Waals surface area contributed by atoms with Gasteiger partial charge in [-0.05, 0) is 25.8 Å². The lowest BCUT2D eigenvalue weighted by Crippen LogP contribution is -2.29. The van der Waals surface area contributed by atoms with Crippen molar-refractivity contribution >= 4 is 5.97 Å². The van der Waals surface area contributed by atoms with E-state index in [1.54, 1.807) is 0 Å². The van der Waals surface area contributed by atoms with Gasteiger partial charge in [0.25, 0.3) is 0 Å². The highest BCUT2D eigenvalue weighted by atomic mass is 16.5. The van der Waals surface area contributed by atoms with Crippen molar-refractivity contribution in [2.75, 3.05) is 26.2 Å². The first-order chi connectivity index (χ1) is 6.26. The van der Waals surface area contributed by atoms with Gasteiger partial charge in [0.05, 0.1) is 13.2 Å². The molecule has 1 aliphatic heterocycles. The molecule has 1 fully saturated rings. The average molecular weight is 185 g/mol. The lowest BCUT2D eigenvalue weighted by Gasteiger charge is -2.13. The topological polar surface area (TPSA) is 29.5 Å². The van der Waals surface area contributed by atoms with E-state index in [-0.39, 0.29) is 5.97 Å². The number of esters is 1. The molecule has 0 amide bonds. The van der Waals surface area contributed by atoms with Gasteiger partial charge in [0, 0.05) is 6.54 Å². The maximum Gasteiger partial charge on any atom is 0.320 e. The summed E-state index contributed by atoms with van der Waals surface area (Å²) in [7, 11) is 0. The minimum Gasteiger partial charge on any atom is -0.465 e. The van der Waals surface area contributed by atoms with Gasteiger partial charge in [-0.25, -0.2) is 0 Å². The number of carbonyl (C=O) groups excluding carboxylic acids is 1. The van der Waals surface area contributed by atoms with Crippen LogP contribution in [0.5, 0.6) is 0 Å². The van der Waals surface area contributed by atoms with Crippen molar-refractivity contribution in [3.8, 4) is 0 Å². The number of rotatable bonds is 4. The Morgan fingerprint density at radius 1 is 1.54 bits per heavy atom. The van der Waals surface area contributed by atoms with Crippen LogP contribution < -0.4 is 0 Å². The summed E-state index contributed by atoms with van der Waals surface area (Å²) in [5.41, 5.74) is 0. The highest BCUT2D eigenvalue weighted by Gasteiger charge is 2.22. The second-order valence-electron chi connectivity index (χ2n) is 3.60. The summed E-state index contributed by atoms with van der Waals surface area (Å²) < 4.78 is 4.89. The third kappa shape index (κ3) is 3.35. The van der Waals surface area contributed by atoms with Crippen molar-refractivity contribution in [3.63, 3.8) is 0 Å². The van der Waals surface area contributed by atoms with Gasteiger partial charge in [-0.1, -0.05) is 13.3 Å². The standard InChI is InChI=1S/C10H19NO2/c1-3-9-5-6-11(7-9)8-10(12)13-4-2/h9H,3-8H2,1-2H3. The predicted octanol–water partition coefficient (Wildman–Crippen LogP) is 1.28. The molecule has 0 aromatic carbocycles. The Bertz CT molecular complexity index is 170. The Morgan fingerprint density at radius 2 is 2.31 bits per heavy atom. The molecule has 0 N–H and O–H groups in total. The van der Waals surface area contributed by atoms with Crippen LogP contribution in [0.3, 0.4) is 0 Å². The highest BCUT2D eigenvalue weighted by Crippen LogP contribution is 2.18. The highest BCUT2D eigenvalue weighted by molar-refractivity contribution is 5.71. The normalized spacial score (nSPS) is 23.4. The Kier molecular flexibility index (Phi) is 4.22. The van der Waals surface area contributed by atoms with Crippen LogP contribution >= 0.6 is 0 Å². The van der Waals surface area contributed by atoms with Crippen LogP contribution in [0.1, 0.15) is 26.7 Å². The van der Waals surface area contributed by atoms with Gasteiger partial charge in [0.15, 0.2) is 0 Å². The van der Waals surface area contributed by atoms with E-state index in [1.807, 2.05) is 6.92 Å². The zero-order chi connectivity index (χ0) is 9.68. The molecule has 0 aromatic heterocycles. The van der Waals surface area contributed by atoms with E-state index in [4.69, 9.17) is 4.74 Å². The molecule has 76 valence electrons. The molecule has 1 saturated heterocycles. The summed E-state index contributed by atoms with van der Waals surface area (Å²) in [6, 6.07) is 0. The Morgan fingerprint density at radius 3 is 2.85 bits per heavy atom. The van der Waals surface area contributed by atoms with E-state index < -0.39 is 0 Å². The van der Waals surface area contributed by atoms with Gasteiger partial charge in [-0.15, -0.1) is 0 Å². The SMILES string of the molecule is CCOC(=O)CN1CCC(CC)C1. The number of hydrogen-bond acceptors (Lipinski definition) is 3. The molecule has 3 heteroatoms. The van der Waals surface area contributed by atoms with Gasteiger partial charge in [0.2, 0.25) is 0 Å². The van der Waals surface area contributed by atoms with Crippen molar-refractivity contribution in [2.24, 2.45) is 5.92 Å². The maximum absolute atomic E-state index is 11.1. The molecule has 0 bridgehead atoms. The monoisotopic (exact) mass is 185 g/mol. The van der Waals surface area contributed by atoms with Gasteiger partial charge in [0.1, 0.15) is 0 Å². The van der Waals surface area contributed by atoms with Gasteiger partial charge < -0.3 is 4.74 Å². The van der Waals surface area contributed by atoms with E-state index in [0.717, 1.165) is 19.0 Å². The van der Waals surface area contributed by atoms with Crippen molar-refractivity contribution in [3.05, 3.63) is 0 Å². The summed E-state index contributed by atoms with van der Waals surface area (Å²) >= 11 is 0. The molecule has 0 spiro atoms. The molecule has 0 radical (unpaired) electrons. The number of ether oxygens (including phenoxy) is 1. The van der Waals surface area contributed by atoms with E-state index in [0.29, 0.717) is 13.2 Å². The van der Waals surface area contributed by atoms with E-state index in [2.05, 4.69) is 11.8 Å². The van der Waals surface area contributed by atoms with Crippen LogP contribution in [0.2, 0.25) is 0 Å². The summed E-state index contributed by atoms with van der Waals surface area (Å²) in [4.78, 5) is 13.3. The maximum atomic E-state index is 11.1. The van der Waals surface area contributed by atoms with Gasteiger partial charge in [-0.2, -0.15) is 0 Å². The Balaban J connectivity index is 2.19. The number of carbonyl (C=O) groups is 1. The molecule has 0 aliphatic carbocycles. The van der Waals surface area contributed by atoms with Gasteiger partial charge in [-0.3, -0.25) is 9.69 Å². The third-order valence-corrected chi connectivity index (χ3v) is 2.61. The summed E-state index contributed by atoms with van der Waals surface area (Å²) in [6.45, 7) is 7.14. The first-order valence-corrected chi connectivity index (χ1v) is 5.14. The molecular weight excluding hydrogens is 166 g/mol. The molecule has 1 rings (SSSR count). The molecule has 13 heavy (non-hydrogen) atoms. The fourth-order valence-electron chi connectivity index (χ4n) is 1.78. The lowest BCUT2D eigenvalue weighted by atomic mass is 10.1. The van der Waals surface area contributed by atoms with E-state index in [9.17, 15) is 4.79 Å². The summed E-state index contributed by atoms with van der Waals surface area (Å²) in [6.07, 6.45) is 2.45. The minimum absolute atomic E-state index is 0.0840. The van der Waals surface area contributed by atoms with Crippen molar-refractivity contribution in [1.29, 1.82) is 0 Å². The number of likely N-dealkylation sites (tertiary alicyclic amines) is 1. The van der Waals surface area contributed by atoms with Crippen LogP contribution in [0.25, 0.3) is 0 Å². The molecule has 1 aliphatic rings. The summed E-state index contributed by atoms with van der Waals surface area (Å²) in [5.74, 6) is 0.702. The fraction of sp³-hybridized carbons (Fsp3) is 0.900. The number of hydrogen-bond donors (Lipinski definition) is 0. The molecular formula is C10H19NO2. The third-order valence-electron chi connectivity index (χ3n) is 2.61. The zero-order valence-electron chi connectivity index (χ0n) is 8.58. The van der Waals surface area contributed by atoms with E-state index in [1.165, 1.54) is 12.8 Å². The van der Waals surface area contributed by atoms with Crippen LogP contribution in [0.4, 0.5) is 0 Å². The minimum atomic E-state index is -0.0840. The molecule has 1 unspecified atom stereocenters. The quantitative estimate of drug-likeness (QED) is 0.618. The molecule has 1 heterocycles. The average Bonchev–Trinajstić information content (AvgIpc) is 2.52. The second-order valence-corrected chi connectivity index (χ2v) is 3.60. The molecule has 3 nitrogen and oxygen atoms in total. The smallest absolute Gasteiger partial charge is 0.320 e. The number of nitrogens with zero attached hydrogens (tertiary/aromatic N) is 1.